The molecule has 2 unspecified atom stereocenters. The Morgan fingerprint density at radius 1 is 1.28 bits per heavy atom. The van der Waals surface area contributed by atoms with Crippen molar-refractivity contribution >= 4 is 0 Å². The van der Waals surface area contributed by atoms with Crippen LogP contribution in [-0.4, -0.2) is 52.4 Å². The fraction of sp³-hybridized carbons (Fsp3) is 1.00. The van der Waals surface area contributed by atoms with Gasteiger partial charge in [0.25, 0.3) is 0 Å². The Morgan fingerprint density at radius 3 is 2.33 bits per heavy atom. The highest BCUT2D eigenvalue weighted by Crippen LogP contribution is 2.23. The van der Waals surface area contributed by atoms with Crippen LogP contribution in [0.5, 0.6) is 0 Å². The Labute approximate surface area is 105 Å². The fourth-order valence-corrected chi connectivity index (χ4v) is 1.42. The smallest absolute Gasteiger partial charge is 0.330 e. The fourth-order valence-electron chi connectivity index (χ4n) is 1.42. The number of rotatable bonds is 10. The predicted molar refractivity (Wildman–Crippen MR) is 60.3 cm³/mol. The Morgan fingerprint density at radius 2 is 1.89 bits per heavy atom. The number of hydrogen-bond acceptors (Lipinski definition) is 3. The highest BCUT2D eigenvalue weighted by atomic mass is 19.3. The summed E-state index contributed by atoms with van der Waals surface area (Å²) in [5.74, 6) is -3.95. The highest BCUT2D eigenvalue weighted by Gasteiger charge is 2.41. The average molecular weight is 275 g/mol. The van der Waals surface area contributed by atoms with Gasteiger partial charge in [-0.3, -0.25) is 0 Å². The van der Waals surface area contributed by atoms with Crippen molar-refractivity contribution in [3.63, 3.8) is 0 Å². The molecule has 0 aromatic carbocycles. The molecule has 1 N–H and O–H groups in total. The van der Waals surface area contributed by atoms with Gasteiger partial charge >= 0.3 is 12.3 Å². The second kappa shape index (κ2) is 8.66. The number of hydrogen-bond donors (Lipinski definition) is 1. The van der Waals surface area contributed by atoms with Crippen LogP contribution in [0.25, 0.3) is 0 Å². The minimum absolute atomic E-state index is 0.0380. The third kappa shape index (κ3) is 6.51. The van der Waals surface area contributed by atoms with E-state index >= 15 is 0 Å². The summed E-state index contributed by atoms with van der Waals surface area (Å²) in [5, 5.41) is 2.91. The lowest BCUT2D eigenvalue weighted by Gasteiger charge is -2.24. The molecule has 0 spiro atoms. The molecule has 0 radical (unpaired) electrons. The summed E-state index contributed by atoms with van der Waals surface area (Å²) >= 11 is 0. The van der Waals surface area contributed by atoms with Gasteiger partial charge in [0.2, 0.25) is 0 Å². The third-order valence-electron chi connectivity index (χ3n) is 2.75. The van der Waals surface area contributed by atoms with Gasteiger partial charge in [-0.1, -0.05) is 6.92 Å². The lowest BCUT2D eigenvalue weighted by atomic mass is 9.99. The number of methoxy groups -OCH3 is 1. The molecule has 3 nitrogen and oxygen atoms in total. The van der Waals surface area contributed by atoms with Gasteiger partial charge in [-0.25, -0.2) is 8.78 Å². The Balaban J connectivity index is 4.00. The number of halogens is 4. The van der Waals surface area contributed by atoms with Gasteiger partial charge in [0.15, 0.2) is 0 Å². The van der Waals surface area contributed by atoms with Gasteiger partial charge in [0.1, 0.15) is 6.61 Å². The summed E-state index contributed by atoms with van der Waals surface area (Å²) in [6, 6.07) is -0.173. The van der Waals surface area contributed by atoms with Crippen LogP contribution in [0.3, 0.4) is 0 Å². The molecule has 18 heavy (non-hydrogen) atoms. The molecule has 0 rings (SSSR count). The molecule has 0 saturated carbocycles. The van der Waals surface area contributed by atoms with Crippen molar-refractivity contribution in [2.45, 2.75) is 31.7 Å². The van der Waals surface area contributed by atoms with Crippen LogP contribution >= 0.6 is 0 Å². The average Bonchev–Trinajstić information content (AvgIpc) is 2.31. The molecule has 0 heterocycles. The van der Waals surface area contributed by atoms with Crippen LogP contribution in [0, 0.1) is 5.92 Å². The van der Waals surface area contributed by atoms with Crippen molar-refractivity contribution in [3.8, 4) is 0 Å². The van der Waals surface area contributed by atoms with E-state index in [-0.39, 0.29) is 18.6 Å². The normalized spacial score (nSPS) is 16.0. The van der Waals surface area contributed by atoms with E-state index in [9.17, 15) is 17.6 Å². The van der Waals surface area contributed by atoms with Crippen molar-refractivity contribution in [2.75, 3.05) is 34.0 Å². The zero-order valence-electron chi connectivity index (χ0n) is 10.9. The molecular formula is C11H21F4NO2. The first kappa shape index (κ1) is 17.6. The first-order valence-corrected chi connectivity index (χ1v) is 5.75. The van der Waals surface area contributed by atoms with Crippen LogP contribution in [0.4, 0.5) is 17.6 Å². The van der Waals surface area contributed by atoms with Crippen LogP contribution in [0.15, 0.2) is 0 Å². The summed E-state index contributed by atoms with van der Waals surface area (Å²) in [4.78, 5) is 0. The zero-order chi connectivity index (χ0) is 14.2. The molecule has 0 saturated heterocycles. The molecule has 0 bridgehead atoms. The maximum absolute atomic E-state index is 12.6. The van der Waals surface area contributed by atoms with Gasteiger partial charge in [-0.2, -0.15) is 8.78 Å². The van der Waals surface area contributed by atoms with Crippen LogP contribution in [0.2, 0.25) is 0 Å². The van der Waals surface area contributed by atoms with Gasteiger partial charge < -0.3 is 14.8 Å². The lowest BCUT2D eigenvalue weighted by Crippen LogP contribution is -2.40. The molecule has 0 amide bonds. The summed E-state index contributed by atoms with van der Waals surface area (Å²) in [6.07, 6.45) is -2.96. The summed E-state index contributed by atoms with van der Waals surface area (Å²) in [6.45, 7) is 1.16. The van der Waals surface area contributed by atoms with Gasteiger partial charge in [0, 0.05) is 19.8 Å². The highest BCUT2D eigenvalue weighted by molar-refractivity contribution is 4.73. The largest absolute Gasteiger partial charge is 0.385 e. The van der Waals surface area contributed by atoms with Gasteiger partial charge in [0.05, 0.1) is 6.61 Å². The number of ether oxygens (including phenoxy) is 2. The van der Waals surface area contributed by atoms with Crippen LogP contribution in [-0.2, 0) is 9.47 Å². The molecule has 0 aliphatic heterocycles. The SMILES string of the molecule is CNC(COCC(F)(F)C(F)F)C(C)CCOC. The second-order valence-corrected chi connectivity index (χ2v) is 4.23. The molecule has 0 aliphatic carbocycles. The number of alkyl halides is 4. The first-order valence-electron chi connectivity index (χ1n) is 5.75. The van der Waals surface area contributed by atoms with Crippen molar-refractivity contribution in [2.24, 2.45) is 5.92 Å². The van der Waals surface area contributed by atoms with Gasteiger partial charge in [-0.15, -0.1) is 0 Å². The second-order valence-electron chi connectivity index (χ2n) is 4.23. The van der Waals surface area contributed by atoms with E-state index in [1.165, 1.54) is 0 Å². The summed E-state index contributed by atoms with van der Waals surface area (Å²) in [7, 11) is 3.24. The molecule has 110 valence electrons. The lowest BCUT2D eigenvalue weighted by molar-refractivity contribution is -0.167. The van der Waals surface area contributed by atoms with E-state index in [0.29, 0.717) is 6.61 Å². The Hall–Kier alpha value is -0.400. The minimum atomic E-state index is -4.09. The molecule has 0 aromatic rings. The van der Waals surface area contributed by atoms with Crippen molar-refractivity contribution in [1.82, 2.24) is 5.32 Å². The first-order chi connectivity index (χ1) is 8.35. The van der Waals surface area contributed by atoms with E-state index in [2.05, 4.69) is 10.1 Å². The summed E-state index contributed by atoms with van der Waals surface area (Å²) < 4.78 is 58.5. The van der Waals surface area contributed by atoms with E-state index in [4.69, 9.17) is 4.74 Å². The maximum Gasteiger partial charge on any atom is 0.330 e. The molecule has 0 fully saturated rings. The minimum Gasteiger partial charge on any atom is -0.385 e. The van der Waals surface area contributed by atoms with Crippen molar-refractivity contribution in [1.29, 1.82) is 0 Å². The topological polar surface area (TPSA) is 30.5 Å². The van der Waals surface area contributed by atoms with E-state index in [1.807, 2.05) is 6.92 Å². The maximum atomic E-state index is 12.6. The summed E-state index contributed by atoms with van der Waals surface area (Å²) in [5.41, 5.74) is 0. The number of nitrogens with one attached hydrogen (secondary N) is 1. The number of likely N-dealkylation sites (N-methyl/N-ethyl adjacent to an activating group) is 1. The monoisotopic (exact) mass is 275 g/mol. The molecule has 0 aromatic heterocycles. The van der Waals surface area contributed by atoms with E-state index < -0.39 is 19.0 Å². The van der Waals surface area contributed by atoms with Crippen molar-refractivity contribution < 1.29 is 27.0 Å². The van der Waals surface area contributed by atoms with Crippen molar-refractivity contribution in [3.05, 3.63) is 0 Å². The van der Waals surface area contributed by atoms with Crippen LogP contribution in [0.1, 0.15) is 13.3 Å². The van der Waals surface area contributed by atoms with Crippen LogP contribution < -0.4 is 5.32 Å². The molecule has 2 atom stereocenters. The molecule has 0 aliphatic rings. The molecular weight excluding hydrogens is 254 g/mol. The molecule has 7 heteroatoms. The van der Waals surface area contributed by atoms with E-state index in [0.717, 1.165) is 6.42 Å². The standard InChI is InChI=1S/C11H21F4NO2/c1-8(4-5-17-3)9(16-2)6-18-7-11(14,15)10(12)13/h8-10,16H,4-7H2,1-3H3. The Bertz CT molecular complexity index is 217. The zero-order valence-corrected chi connectivity index (χ0v) is 10.9. The quantitative estimate of drug-likeness (QED) is 0.620. The van der Waals surface area contributed by atoms with E-state index in [1.54, 1.807) is 14.2 Å². The van der Waals surface area contributed by atoms with Gasteiger partial charge in [-0.05, 0) is 19.4 Å². The Kier molecular flexibility index (Phi) is 8.47. The predicted octanol–water partition coefficient (Wildman–Crippen LogP) is 2.16. The third-order valence-corrected chi connectivity index (χ3v) is 2.75.